The van der Waals surface area contributed by atoms with E-state index in [0.29, 0.717) is 5.41 Å². The Bertz CT molecular complexity index is 317. The molecule has 0 atom stereocenters. The fourth-order valence-electron chi connectivity index (χ4n) is 2.85. The average molecular weight is 253 g/mol. The molecule has 0 amide bonds. The van der Waals surface area contributed by atoms with Gasteiger partial charge in [0.05, 0.1) is 6.61 Å². The van der Waals surface area contributed by atoms with Crippen molar-refractivity contribution in [3.63, 3.8) is 0 Å². The zero-order valence-corrected chi connectivity index (χ0v) is 11.7. The predicted octanol–water partition coefficient (Wildman–Crippen LogP) is 3.04. The first-order valence-corrected chi connectivity index (χ1v) is 7.42. The highest BCUT2D eigenvalue weighted by Crippen LogP contribution is 2.50. The number of thiophene rings is 1. The molecule has 0 radical (unpaired) electrons. The number of ether oxygens (including phenoxy) is 1. The third-order valence-electron chi connectivity index (χ3n) is 3.93. The van der Waals surface area contributed by atoms with Crippen LogP contribution in [0.15, 0.2) is 17.5 Å². The fraction of sp³-hybridized carbons (Fsp3) is 0.714. The van der Waals surface area contributed by atoms with Crippen molar-refractivity contribution in [1.82, 2.24) is 5.32 Å². The first-order valence-electron chi connectivity index (χ1n) is 6.54. The molecule has 1 N–H and O–H groups in total. The normalized spacial score (nSPS) is 28.0. The SMILES string of the molecule is CCC1CC(CNCCOC)(c2cccs2)C1. The van der Waals surface area contributed by atoms with E-state index in [4.69, 9.17) is 4.74 Å². The summed E-state index contributed by atoms with van der Waals surface area (Å²) in [7, 11) is 1.76. The molecule has 0 saturated heterocycles. The molecule has 0 aromatic carbocycles. The smallest absolute Gasteiger partial charge is 0.0587 e. The zero-order valence-electron chi connectivity index (χ0n) is 10.9. The number of hydrogen-bond acceptors (Lipinski definition) is 3. The van der Waals surface area contributed by atoms with Crippen molar-refractivity contribution in [2.75, 3.05) is 26.8 Å². The molecule has 1 heterocycles. The summed E-state index contributed by atoms with van der Waals surface area (Å²) in [5, 5.41) is 5.74. The molecular weight excluding hydrogens is 230 g/mol. The summed E-state index contributed by atoms with van der Waals surface area (Å²) in [4.78, 5) is 1.56. The molecule has 0 aliphatic heterocycles. The minimum Gasteiger partial charge on any atom is -0.383 e. The van der Waals surface area contributed by atoms with Crippen molar-refractivity contribution in [3.05, 3.63) is 22.4 Å². The van der Waals surface area contributed by atoms with Crippen LogP contribution >= 0.6 is 11.3 Å². The first kappa shape index (κ1) is 13.1. The topological polar surface area (TPSA) is 21.3 Å². The van der Waals surface area contributed by atoms with Gasteiger partial charge in [0.2, 0.25) is 0 Å². The summed E-state index contributed by atoms with van der Waals surface area (Å²) in [6.07, 6.45) is 4.03. The second kappa shape index (κ2) is 5.98. The zero-order chi connectivity index (χ0) is 12.1. The number of methoxy groups -OCH3 is 1. The molecule has 1 aliphatic rings. The van der Waals surface area contributed by atoms with Crippen LogP contribution in [-0.4, -0.2) is 26.8 Å². The molecule has 17 heavy (non-hydrogen) atoms. The fourth-order valence-corrected chi connectivity index (χ4v) is 3.80. The lowest BCUT2D eigenvalue weighted by atomic mass is 9.60. The number of hydrogen-bond donors (Lipinski definition) is 1. The summed E-state index contributed by atoms with van der Waals surface area (Å²) in [5.74, 6) is 0.932. The van der Waals surface area contributed by atoms with Crippen LogP contribution in [0.4, 0.5) is 0 Å². The van der Waals surface area contributed by atoms with Gasteiger partial charge in [-0.3, -0.25) is 0 Å². The van der Waals surface area contributed by atoms with Crippen molar-refractivity contribution < 1.29 is 4.74 Å². The van der Waals surface area contributed by atoms with Gasteiger partial charge in [-0.05, 0) is 30.2 Å². The lowest BCUT2D eigenvalue weighted by Gasteiger charge is -2.47. The maximum atomic E-state index is 5.08. The number of nitrogens with one attached hydrogen (secondary N) is 1. The molecule has 1 aromatic heterocycles. The van der Waals surface area contributed by atoms with E-state index in [1.54, 1.807) is 12.0 Å². The van der Waals surface area contributed by atoms with Crippen molar-refractivity contribution in [1.29, 1.82) is 0 Å². The largest absolute Gasteiger partial charge is 0.383 e. The summed E-state index contributed by atoms with van der Waals surface area (Å²) in [5.41, 5.74) is 0.419. The Morgan fingerprint density at radius 1 is 1.53 bits per heavy atom. The van der Waals surface area contributed by atoms with E-state index in [0.717, 1.165) is 25.6 Å². The molecule has 2 rings (SSSR count). The van der Waals surface area contributed by atoms with Gasteiger partial charge >= 0.3 is 0 Å². The Hall–Kier alpha value is -0.380. The van der Waals surface area contributed by atoms with Crippen LogP contribution in [-0.2, 0) is 10.2 Å². The van der Waals surface area contributed by atoms with Gasteiger partial charge < -0.3 is 10.1 Å². The Morgan fingerprint density at radius 2 is 2.35 bits per heavy atom. The van der Waals surface area contributed by atoms with E-state index in [2.05, 4.69) is 29.8 Å². The molecule has 2 nitrogen and oxygen atoms in total. The quantitative estimate of drug-likeness (QED) is 0.754. The standard InChI is InChI=1S/C14H23NOS/c1-3-12-9-14(10-12,11-15-6-7-16-2)13-5-4-8-17-13/h4-5,8,12,15H,3,6-7,9-11H2,1-2H3. The van der Waals surface area contributed by atoms with E-state index in [9.17, 15) is 0 Å². The van der Waals surface area contributed by atoms with Crippen LogP contribution in [0.5, 0.6) is 0 Å². The lowest BCUT2D eigenvalue weighted by molar-refractivity contribution is 0.131. The maximum absolute atomic E-state index is 5.08. The maximum Gasteiger partial charge on any atom is 0.0587 e. The highest BCUT2D eigenvalue weighted by molar-refractivity contribution is 7.10. The molecule has 96 valence electrons. The average Bonchev–Trinajstić information content (AvgIpc) is 2.81. The predicted molar refractivity (Wildman–Crippen MR) is 73.8 cm³/mol. The van der Waals surface area contributed by atoms with Crippen molar-refractivity contribution >= 4 is 11.3 Å². The molecule has 1 aromatic rings. The first-order chi connectivity index (χ1) is 8.30. The van der Waals surface area contributed by atoms with Gasteiger partial charge in [-0.15, -0.1) is 11.3 Å². The molecule has 0 spiro atoms. The van der Waals surface area contributed by atoms with Crippen LogP contribution < -0.4 is 5.32 Å². The van der Waals surface area contributed by atoms with Crippen molar-refractivity contribution in [2.24, 2.45) is 5.92 Å². The Kier molecular flexibility index (Phi) is 4.60. The van der Waals surface area contributed by atoms with E-state index >= 15 is 0 Å². The second-order valence-corrected chi connectivity index (χ2v) is 6.06. The molecular formula is C14H23NOS. The molecule has 1 fully saturated rings. The molecule has 0 bridgehead atoms. The summed E-state index contributed by atoms with van der Waals surface area (Å²) >= 11 is 1.91. The highest BCUT2D eigenvalue weighted by Gasteiger charge is 2.44. The lowest BCUT2D eigenvalue weighted by Crippen LogP contribution is -2.48. The van der Waals surface area contributed by atoms with Gasteiger partial charge in [0.25, 0.3) is 0 Å². The van der Waals surface area contributed by atoms with Gasteiger partial charge in [0.15, 0.2) is 0 Å². The Balaban J connectivity index is 1.91. The van der Waals surface area contributed by atoms with E-state index in [1.165, 1.54) is 19.3 Å². The van der Waals surface area contributed by atoms with Crippen LogP contribution in [0.3, 0.4) is 0 Å². The molecule has 3 heteroatoms. The Labute approximate surface area is 108 Å². The van der Waals surface area contributed by atoms with Crippen LogP contribution in [0.1, 0.15) is 31.1 Å². The van der Waals surface area contributed by atoms with Gasteiger partial charge in [-0.25, -0.2) is 0 Å². The second-order valence-electron chi connectivity index (χ2n) is 5.11. The summed E-state index contributed by atoms with van der Waals surface area (Å²) in [6, 6.07) is 4.48. The van der Waals surface area contributed by atoms with Gasteiger partial charge in [-0.2, -0.15) is 0 Å². The minimum atomic E-state index is 0.419. The third kappa shape index (κ3) is 2.90. The van der Waals surface area contributed by atoms with Crippen molar-refractivity contribution in [3.8, 4) is 0 Å². The highest BCUT2D eigenvalue weighted by atomic mass is 32.1. The van der Waals surface area contributed by atoms with Gasteiger partial charge in [-0.1, -0.05) is 19.4 Å². The van der Waals surface area contributed by atoms with Crippen LogP contribution in [0.2, 0.25) is 0 Å². The molecule has 1 saturated carbocycles. The third-order valence-corrected chi connectivity index (χ3v) is 5.04. The summed E-state index contributed by atoms with van der Waals surface area (Å²) in [6.45, 7) is 5.17. The van der Waals surface area contributed by atoms with Gasteiger partial charge in [0.1, 0.15) is 0 Å². The van der Waals surface area contributed by atoms with E-state index in [-0.39, 0.29) is 0 Å². The minimum absolute atomic E-state index is 0.419. The van der Waals surface area contributed by atoms with E-state index < -0.39 is 0 Å². The summed E-state index contributed by atoms with van der Waals surface area (Å²) < 4.78 is 5.08. The van der Waals surface area contributed by atoms with Crippen molar-refractivity contribution in [2.45, 2.75) is 31.6 Å². The van der Waals surface area contributed by atoms with Crippen LogP contribution in [0, 0.1) is 5.92 Å². The van der Waals surface area contributed by atoms with Crippen LogP contribution in [0.25, 0.3) is 0 Å². The van der Waals surface area contributed by atoms with E-state index in [1.807, 2.05) is 11.3 Å². The number of rotatable bonds is 7. The Morgan fingerprint density at radius 3 is 2.94 bits per heavy atom. The molecule has 1 aliphatic carbocycles. The monoisotopic (exact) mass is 253 g/mol. The van der Waals surface area contributed by atoms with Gasteiger partial charge in [0, 0.05) is 30.5 Å². The molecule has 0 unspecified atom stereocenters.